The molecule has 0 nitrogen and oxygen atoms in total. The molecule has 0 saturated carbocycles. The SMILES string of the molecule is Cc1c[cH-]c2ccccc12.[CH2-]CC.[Mg+2]. The van der Waals surface area contributed by atoms with Gasteiger partial charge in [-0.25, -0.2) is 0 Å². The number of fused-ring (bicyclic) bond motifs is 1. The summed E-state index contributed by atoms with van der Waals surface area (Å²) >= 11 is 0. The number of hydrogen-bond donors (Lipinski definition) is 0. The second-order valence-corrected chi connectivity index (χ2v) is 3.10. The molecule has 0 aliphatic rings. The Morgan fingerprint density at radius 1 is 1.29 bits per heavy atom. The van der Waals surface area contributed by atoms with Gasteiger partial charge in [0.25, 0.3) is 0 Å². The summed E-state index contributed by atoms with van der Waals surface area (Å²) in [5.74, 6) is 0. The van der Waals surface area contributed by atoms with Crippen molar-refractivity contribution in [2.45, 2.75) is 20.3 Å². The normalized spacial score (nSPS) is 8.79. The van der Waals surface area contributed by atoms with Crippen LogP contribution in [0.2, 0.25) is 0 Å². The smallest absolute Gasteiger partial charge is 0.344 e. The van der Waals surface area contributed by atoms with Gasteiger partial charge in [0.1, 0.15) is 0 Å². The van der Waals surface area contributed by atoms with Crippen molar-refractivity contribution in [3.8, 4) is 0 Å². The molecule has 2 aromatic rings. The predicted molar refractivity (Wildman–Crippen MR) is 65.7 cm³/mol. The monoisotopic (exact) mass is 196 g/mol. The number of rotatable bonds is 0. The Kier molecular flexibility index (Phi) is 6.76. The van der Waals surface area contributed by atoms with Crippen LogP contribution in [0.5, 0.6) is 0 Å². The molecule has 0 saturated heterocycles. The summed E-state index contributed by atoms with van der Waals surface area (Å²) in [6, 6.07) is 12.8. The Balaban J connectivity index is 0.000000381. The van der Waals surface area contributed by atoms with Crippen LogP contribution in [-0.2, 0) is 0 Å². The molecule has 0 aromatic heterocycles. The van der Waals surface area contributed by atoms with Gasteiger partial charge >= 0.3 is 23.1 Å². The zero-order valence-corrected chi connectivity index (χ0v) is 10.5. The molecule has 0 unspecified atom stereocenters. The Hall–Kier alpha value is -0.404. The van der Waals surface area contributed by atoms with Crippen molar-refractivity contribution in [1.29, 1.82) is 0 Å². The average molecular weight is 197 g/mol. The van der Waals surface area contributed by atoms with Crippen molar-refractivity contribution in [2.24, 2.45) is 0 Å². The molecule has 14 heavy (non-hydrogen) atoms. The van der Waals surface area contributed by atoms with Gasteiger partial charge in [-0.2, -0.15) is 18.1 Å². The quantitative estimate of drug-likeness (QED) is 0.445. The van der Waals surface area contributed by atoms with E-state index in [9.17, 15) is 0 Å². The molecule has 0 fully saturated rings. The van der Waals surface area contributed by atoms with Gasteiger partial charge in [0.15, 0.2) is 0 Å². The van der Waals surface area contributed by atoms with Crippen molar-refractivity contribution in [3.63, 3.8) is 0 Å². The summed E-state index contributed by atoms with van der Waals surface area (Å²) < 4.78 is 0. The molecule has 0 radical (unpaired) electrons. The third-order valence-corrected chi connectivity index (χ3v) is 1.90. The summed E-state index contributed by atoms with van der Waals surface area (Å²) in [6.07, 6.45) is 1.00. The zero-order valence-electron chi connectivity index (χ0n) is 9.09. The molecule has 2 rings (SSSR count). The Bertz CT molecular complexity index is 360. The zero-order chi connectivity index (χ0) is 9.68. The van der Waals surface area contributed by atoms with E-state index in [2.05, 4.69) is 50.2 Å². The van der Waals surface area contributed by atoms with Gasteiger partial charge in [-0.15, -0.1) is 35.0 Å². The van der Waals surface area contributed by atoms with E-state index >= 15 is 0 Å². The second kappa shape index (κ2) is 6.96. The molecule has 70 valence electrons. The Morgan fingerprint density at radius 3 is 2.43 bits per heavy atom. The number of aryl methyl sites for hydroxylation is 1. The number of benzene rings is 1. The second-order valence-electron chi connectivity index (χ2n) is 3.10. The standard InChI is InChI=1S/C10H9.C3H7.Mg/c1-8-6-7-9-4-2-3-5-10(8)9;1-3-2;/h2-7H,1H3;1,3H2,2H3;/q2*-1;+2. The van der Waals surface area contributed by atoms with E-state index < -0.39 is 0 Å². The molecule has 0 bridgehead atoms. The molecule has 1 heteroatoms. The maximum absolute atomic E-state index is 3.49. The van der Waals surface area contributed by atoms with Gasteiger partial charge in [0, 0.05) is 0 Å². The van der Waals surface area contributed by atoms with E-state index in [1.807, 2.05) is 6.92 Å². The van der Waals surface area contributed by atoms with Crippen LogP contribution in [0.1, 0.15) is 18.9 Å². The minimum Gasteiger partial charge on any atom is -0.344 e. The van der Waals surface area contributed by atoms with E-state index in [4.69, 9.17) is 0 Å². The minimum absolute atomic E-state index is 0. The Labute approximate surface area is 103 Å². The van der Waals surface area contributed by atoms with Crippen LogP contribution in [0.25, 0.3) is 10.8 Å². The van der Waals surface area contributed by atoms with Gasteiger partial charge in [0.05, 0.1) is 0 Å². The van der Waals surface area contributed by atoms with Gasteiger partial charge in [0.2, 0.25) is 0 Å². The minimum atomic E-state index is 0. The number of hydrogen-bond acceptors (Lipinski definition) is 0. The van der Waals surface area contributed by atoms with Crippen LogP contribution >= 0.6 is 0 Å². The van der Waals surface area contributed by atoms with E-state index in [-0.39, 0.29) is 23.1 Å². The molecule has 0 amide bonds. The Morgan fingerprint density at radius 2 is 1.86 bits per heavy atom. The van der Waals surface area contributed by atoms with E-state index in [1.165, 1.54) is 16.3 Å². The molecule has 0 heterocycles. The third kappa shape index (κ3) is 3.39. The fourth-order valence-electron chi connectivity index (χ4n) is 1.31. The molecule has 0 N–H and O–H groups in total. The fourth-order valence-corrected chi connectivity index (χ4v) is 1.31. The molecule has 0 aliphatic carbocycles. The van der Waals surface area contributed by atoms with Crippen LogP contribution in [0.3, 0.4) is 0 Å². The predicted octanol–water partition coefficient (Wildman–Crippen LogP) is 3.72. The molecule has 0 aliphatic heterocycles. The average Bonchev–Trinajstić information content (AvgIpc) is 2.50. The first-order valence-corrected chi connectivity index (χ1v) is 4.70. The van der Waals surface area contributed by atoms with Crippen LogP contribution in [0.4, 0.5) is 0 Å². The van der Waals surface area contributed by atoms with Gasteiger partial charge in [-0.3, -0.25) is 0 Å². The third-order valence-electron chi connectivity index (χ3n) is 1.90. The summed E-state index contributed by atoms with van der Waals surface area (Å²) in [5, 5.41) is 2.72. The van der Waals surface area contributed by atoms with Crippen LogP contribution < -0.4 is 0 Å². The molecular formula is C13H16Mg. The van der Waals surface area contributed by atoms with Gasteiger partial charge < -0.3 is 6.92 Å². The van der Waals surface area contributed by atoms with Gasteiger partial charge in [-0.1, -0.05) is 19.9 Å². The van der Waals surface area contributed by atoms with Crippen molar-refractivity contribution >= 4 is 33.8 Å². The maximum atomic E-state index is 3.49. The topological polar surface area (TPSA) is 0 Å². The molecule has 2 aromatic carbocycles. The molecule has 0 atom stereocenters. The van der Waals surface area contributed by atoms with Crippen LogP contribution in [-0.4, -0.2) is 23.1 Å². The van der Waals surface area contributed by atoms with Crippen molar-refractivity contribution < 1.29 is 0 Å². The first-order valence-electron chi connectivity index (χ1n) is 4.70. The molecular weight excluding hydrogens is 180 g/mol. The largest absolute Gasteiger partial charge is 2.00 e. The fraction of sp³-hybridized carbons (Fsp3) is 0.231. The summed E-state index contributed by atoms with van der Waals surface area (Å²) in [4.78, 5) is 0. The van der Waals surface area contributed by atoms with E-state index in [1.54, 1.807) is 0 Å². The van der Waals surface area contributed by atoms with Crippen molar-refractivity contribution in [2.75, 3.05) is 0 Å². The van der Waals surface area contributed by atoms with E-state index in [0.29, 0.717) is 0 Å². The van der Waals surface area contributed by atoms with Crippen LogP contribution in [0, 0.1) is 13.8 Å². The van der Waals surface area contributed by atoms with Crippen LogP contribution in [0.15, 0.2) is 36.4 Å². The summed E-state index contributed by atoms with van der Waals surface area (Å²) in [7, 11) is 0. The summed E-state index contributed by atoms with van der Waals surface area (Å²) in [6.45, 7) is 7.64. The van der Waals surface area contributed by atoms with E-state index in [0.717, 1.165) is 6.42 Å². The first-order chi connectivity index (χ1) is 6.29. The van der Waals surface area contributed by atoms with Gasteiger partial charge in [-0.05, 0) is 0 Å². The first kappa shape index (κ1) is 13.6. The van der Waals surface area contributed by atoms with Crippen molar-refractivity contribution in [3.05, 3.63) is 48.9 Å². The van der Waals surface area contributed by atoms with Crippen molar-refractivity contribution in [1.82, 2.24) is 0 Å². The molecule has 0 spiro atoms. The summed E-state index contributed by atoms with van der Waals surface area (Å²) in [5.41, 5.74) is 1.37. The maximum Gasteiger partial charge on any atom is 2.00 e.